The van der Waals surface area contributed by atoms with Gasteiger partial charge in [0.15, 0.2) is 0 Å². The first kappa shape index (κ1) is 31.2. The molecule has 2 N–H and O–H groups in total. The van der Waals surface area contributed by atoms with Crippen molar-refractivity contribution in [1.29, 1.82) is 0 Å². The van der Waals surface area contributed by atoms with E-state index in [2.05, 4.69) is 30.1 Å². The smallest absolute Gasteiger partial charge is 0.408 e. The highest BCUT2D eigenvalue weighted by Gasteiger charge is 2.35. The number of terminal acetylenes is 1. The zero-order valence-corrected chi connectivity index (χ0v) is 23.5. The van der Waals surface area contributed by atoms with Gasteiger partial charge in [-0.2, -0.15) is 0 Å². The molecule has 2 rings (SSSR count). The van der Waals surface area contributed by atoms with Crippen LogP contribution in [-0.4, -0.2) is 47.5 Å². The van der Waals surface area contributed by atoms with Crippen LogP contribution in [-0.2, 0) is 20.7 Å². The molecule has 0 aliphatic rings. The van der Waals surface area contributed by atoms with Crippen LogP contribution in [0.1, 0.15) is 69.7 Å². The van der Waals surface area contributed by atoms with E-state index in [1.165, 1.54) is 4.90 Å². The Kier molecular flexibility index (Phi) is 12.3. The number of hydrogen-bond acceptors (Lipinski definition) is 4. The molecule has 0 bridgehead atoms. The van der Waals surface area contributed by atoms with Gasteiger partial charge in [0.05, 0.1) is 0 Å². The zero-order chi connectivity index (χ0) is 28.8. The summed E-state index contributed by atoms with van der Waals surface area (Å²) in [7, 11) is 0. The Morgan fingerprint density at radius 1 is 1.08 bits per heavy atom. The number of benzene rings is 2. The molecule has 0 aliphatic carbocycles. The summed E-state index contributed by atoms with van der Waals surface area (Å²) in [4.78, 5) is 41.9. The molecule has 2 atom stereocenters. The molecule has 7 nitrogen and oxygen atoms in total. The predicted octanol–water partition coefficient (Wildman–Crippen LogP) is 5.17. The molecular weight excluding hydrogens is 490 g/mol. The largest absolute Gasteiger partial charge is 0.444 e. The van der Waals surface area contributed by atoms with E-state index in [0.29, 0.717) is 17.7 Å². The van der Waals surface area contributed by atoms with Crippen LogP contribution in [0.15, 0.2) is 67.3 Å². The van der Waals surface area contributed by atoms with Gasteiger partial charge in [-0.05, 0) is 50.5 Å². The number of nitrogens with one attached hydrogen (secondary N) is 2. The third kappa shape index (κ3) is 10.3. The van der Waals surface area contributed by atoms with E-state index in [1.54, 1.807) is 51.1 Å². The second kappa shape index (κ2) is 15.4. The Labute approximate surface area is 233 Å². The normalized spacial score (nSPS) is 12.4. The van der Waals surface area contributed by atoms with E-state index >= 15 is 0 Å². The number of alkyl carbamates (subject to hydrolysis) is 1. The highest BCUT2D eigenvalue weighted by molar-refractivity contribution is 5.92. The minimum atomic E-state index is -0.984. The molecule has 0 heterocycles. The second-order valence-electron chi connectivity index (χ2n) is 10.3. The third-order valence-corrected chi connectivity index (χ3v) is 5.91. The van der Waals surface area contributed by atoms with E-state index in [1.807, 2.05) is 30.3 Å². The monoisotopic (exact) mass is 531 g/mol. The van der Waals surface area contributed by atoms with E-state index in [-0.39, 0.29) is 18.9 Å². The van der Waals surface area contributed by atoms with Crippen LogP contribution in [0, 0.1) is 12.3 Å². The lowest BCUT2D eigenvalue weighted by atomic mass is 9.99. The van der Waals surface area contributed by atoms with Crippen molar-refractivity contribution in [2.24, 2.45) is 0 Å². The van der Waals surface area contributed by atoms with Gasteiger partial charge in [0.25, 0.3) is 0 Å². The summed E-state index contributed by atoms with van der Waals surface area (Å²) in [5.41, 5.74) is 1.37. The molecule has 2 unspecified atom stereocenters. The summed E-state index contributed by atoms with van der Waals surface area (Å²) in [6.07, 6.45) is 9.43. The van der Waals surface area contributed by atoms with E-state index in [9.17, 15) is 14.4 Å². The lowest BCUT2D eigenvalue weighted by molar-refractivity contribution is -0.141. The fourth-order valence-electron chi connectivity index (χ4n) is 4.08. The van der Waals surface area contributed by atoms with E-state index < -0.39 is 29.7 Å². The van der Waals surface area contributed by atoms with Crippen LogP contribution in [0.3, 0.4) is 0 Å². The minimum Gasteiger partial charge on any atom is -0.444 e. The first-order valence-electron chi connectivity index (χ1n) is 13.4. The maximum absolute atomic E-state index is 14.2. The molecule has 7 heteroatoms. The van der Waals surface area contributed by atoms with Crippen LogP contribution in [0.25, 0.3) is 0 Å². The molecule has 3 amide bonds. The molecule has 0 aliphatic heterocycles. The fourth-order valence-corrected chi connectivity index (χ4v) is 4.08. The number of hydrogen-bond donors (Lipinski definition) is 2. The van der Waals surface area contributed by atoms with Gasteiger partial charge in [-0.25, -0.2) is 4.79 Å². The van der Waals surface area contributed by atoms with Crippen molar-refractivity contribution < 1.29 is 19.1 Å². The van der Waals surface area contributed by atoms with Gasteiger partial charge in [0.1, 0.15) is 17.7 Å². The molecule has 208 valence electrons. The molecule has 0 fully saturated rings. The molecule has 2 aromatic rings. The highest BCUT2D eigenvalue weighted by atomic mass is 16.6. The van der Waals surface area contributed by atoms with Gasteiger partial charge >= 0.3 is 6.09 Å². The van der Waals surface area contributed by atoms with Gasteiger partial charge in [0.2, 0.25) is 11.8 Å². The van der Waals surface area contributed by atoms with E-state index in [4.69, 9.17) is 11.2 Å². The Balaban J connectivity index is 2.48. The number of unbranched alkanes of at least 4 members (excludes halogenated alkanes) is 2. The van der Waals surface area contributed by atoms with E-state index in [0.717, 1.165) is 24.8 Å². The topological polar surface area (TPSA) is 87.7 Å². The second-order valence-corrected chi connectivity index (χ2v) is 10.3. The van der Waals surface area contributed by atoms with Crippen LogP contribution in [0.4, 0.5) is 4.79 Å². The first-order valence-corrected chi connectivity index (χ1v) is 13.4. The number of nitrogens with zero attached hydrogens (tertiary/aromatic N) is 1. The molecule has 2 aromatic carbocycles. The lowest BCUT2D eigenvalue weighted by Crippen LogP contribution is -2.54. The standard InChI is InChI=1S/C32H41N3O4/c1-7-10-14-21-33-29(36)28(26-19-17-24(9-3)18-20-26)35(22-8-2)30(37)27(23-25-15-12-11-13-16-25)34-31(38)39-32(4,5)6/h3,8,11-13,15-20,27-28H,2,7,10,14,21-23H2,1,4-6H3,(H,33,36)(H,34,38). The third-order valence-electron chi connectivity index (χ3n) is 5.91. The molecular formula is C32H41N3O4. The molecule has 0 saturated carbocycles. The average molecular weight is 532 g/mol. The summed E-state index contributed by atoms with van der Waals surface area (Å²) in [6.45, 7) is 11.7. The van der Waals surface area contributed by atoms with Gasteiger partial charge in [-0.1, -0.05) is 74.2 Å². The average Bonchev–Trinajstić information content (AvgIpc) is 2.90. The predicted molar refractivity (Wildman–Crippen MR) is 155 cm³/mol. The van der Waals surface area contributed by atoms with Gasteiger partial charge in [-0.15, -0.1) is 13.0 Å². The Bertz CT molecular complexity index is 1130. The summed E-state index contributed by atoms with van der Waals surface area (Å²) >= 11 is 0. The molecule has 0 spiro atoms. The van der Waals surface area contributed by atoms with Crippen molar-refractivity contribution in [2.75, 3.05) is 13.1 Å². The Morgan fingerprint density at radius 2 is 1.74 bits per heavy atom. The Hall–Kier alpha value is -4.05. The van der Waals surface area contributed by atoms with Crippen molar-refractivity contribution in [3.63, 3.8) is 0 Å². The number of rotatable bonds is 13. The molecule has 0 saturated heterocycles. The highest BCUT2D eigenvalue weighted by Crippen LogP contribution is 2.24. The van der Waals surface area contributed by atoms with Crippen molar-refractivity contribution in [1.82, 2.24) is 15.5 Å². The zero-order valence-electron chi connectivity index (χ0n) is 23.5. The van der Waals surface area contributed by atoms with Crippen molar-refractivity contribution in [3.8, 4) is 12.3 Å². The van der Waals surface area contributed by atoms with Crippen molar-refractivity contribution >= 4 is 17.9 Å². The number of amides is 3. The van der Waals surface area contributed by atoms with Crippen molar-refractivity contribution in [2.45, 2.75) is 71.1 Å². The van der Waals surface area contributed by atoms with Crippen molar-refractivity contribution in [3.05, 3.63) is 83.9 Å². The minimum absolute atomic E-state index is 0.0874. The van der Waals surface area contributed by atoms with Gasteiger partial charge in [-0.3, -0.25) is 9.59 Å². The van der Waals surface area contributed by atoms with Crippen LogP contribution >= 0.6 is 0 Å². The van der Waals surface area contributed by atoms with Crippen LogP contribution in [0.2, 0.25) is 0 Å². The fraction of sp³-hybridized carbons (Fsp3) is 0.406. The maximum Gasteiger partial charge on any atom is 0.408 e. The SMILES string of the molecule is C#Cc1ccc(C(C(=O)NCCCCC)N(CC=C)C(=O)C(Cc2ccccc2)NC(=O)OC(C)(C)C)cc1. The van der Waals surface area contributed by atoms with Crippen LogP contribution in [0.5, 0.6) is 0 Å². The summed E-state index contributed by atoms with van der Waals surface area (Å²) in [5.74, 6) is 1.83. The quantitative estimate of drug-likeness (QED) is 0.212. The summed E-state index contributed by atoms with van der Waals surface area (Å²) < 4.78 is 5.45. The Morgan fingerprint density at radius 3 is 2.31 bits per heavy atom. The molecule has 0 aromatic heterocycles. The lowest BCUT2D eigenvalue weighted by Gasteiger charge is -2.34. The number of ether oxygens (including phenoxy) is 1. The molecule has 0 radical (unpaired) electrons. The maximum atomic E-state index is 14.2. The van der Waals surface area contributed by atoms with Gasteiger partial charge < -0.3 is 20.3 Å². The molecule has 39 heavy (non-hydrogen) atoms. The number of carbonyl (C=O) groups is 3. The van der Waals surface area contributed by atoms with Gasteiger partial charge in [0, 0.05) is 25.1 Å². The first-order chi connectivity index (χ1) is 18.6. The van der Waals surface area contributed by atoms with Crippen LogP contribution < -0.4 is 10.6 Å². The summed E-state index contributed by atoms with van der Waals surface area (Å²) in [5, 5.41) is 5.72. The number of carbonyl (C=O) groups excluding carboxylic acids is 3. The summed E-state index contributed by atoms with van der Waals surface area (Å²) in [6, 6.07) is 14.4.